The van der Waals surface area contributed by atoms with Crippen LogP contribution in [0.2, 0.25) is 0 Å². The standard InChI is InChI=1S/C29H41N3O5/c1-8-9-17-32(27(35)24(19(2)3)31-28(36)37-29(5,6)7)25(21-14-12-15-22(33)18-21)26(34)30-23-16-11-10-13-20(23)4/h10-16,18-19,24-25,33H,8-9,17H2,1-7H3,(H,30,34)(H,31,36). The summed E-state index contributed by atoms with van der Waals surface area (Å²) in [6, 6.07) is 11.8. The second-order valence-electron chi connectivity index (χ2n) is 10.6. The molecule has 2 unspecified atom stereocenters. The number of rotatable bonds is 10. The topological polar surface area (TPSA) is 108 Å². The molecule has 2 aromatic rings. The Morgan fingerprint density at radius 3 is 2.30 bits per heavy atom. The van der Waals surface area contributed by atoms with E-state index in [1.807, 2.05) is 45.9 Å². The van der Waals surface area contributed by atoms with Gasteiger partial charge in [0.05, 0.1) is 0 Å². The van der Waals surface area contributed by atoms with E-state index in [0.29, 0.717) is 17.7 Å². The fraction of sp³-hybridized carbons (Fsp3) is 0.483. The van der Waals surface area contributed by atoms with Gasteiger partial charge < -0.3 is 25.4 Å². The number of nitrogens with one attached hydrogen (secondary N) is 2. The van der Waals surface area contributed by atoms with Gasteiger partial charge in [-0.25, -0.2) is 4.79 Å². The summed E-state index contributed by atoms with van der Waals surface area (Å²) >= 11 is 0. The van der Waals surface area contributed by atoms with Crippen molar-refractivity contribution < 1.29 is 24.2 Å². The van der Waals surface area contributed by atoms with Crippen molar-refractivity contribution in [3.63, 3.8) is 0 Å². The van der Waals surface area contributed by atoms with Crippen LogP contribution in [-0.4, -0.2) is 46.1 Å². The van der Waals surface area contributed by atoms with Gasteiger partial charge in [-0.1, -0.05) is 57.5 Å². The molecule has 0 saturated heterocycles. The number of phenols is 1. The largest absolute Gasteiger partial charge is 0.508 e. The lowest BCUT2D eigenvalue weighted by atomic mass is 9.98. The number of carbonyl (C=O) groups is 3. The molecule has 0 bridgehead atoms. The number of anilines is 1. The van der Waals surface area contributed by atoms with E-state index < -0.39 is 35.6 Å². The highest BCUT2D eigenvalue weighted by atomic mass is 16.6. The maximum absolute atomic E-state index is 14.0. The molecular formula is C29H41N3O5. The number of para-hydroxylation sites is 1. The quantitative estimate of drug-likeness (QED) is 0.387. The number of alkyl carbamates (subject to hydrolysis) is 1. The van der Waals surface area contributed by atoms with E-state index in [2.05, 4.69) is 10.6 Å². The summed E-state index contributed by atoms with van der Waals surface area (Å²) in [5.41, 5.74) is 1.25. The third-order valence-corrected chi connectivity index (χ3v) is 5.79. The molecule has 0 radical (unpaired) electrons. The Hall–Kier alpha value is -3.55. The Morgan fingerprint density at radius 2 is 1.73 bits per heavy atom. The molecule has 0 fully saturated rings. The van der Waals surface area contributed by atoms with E-state index >= 15 is 0 Å². The lowest BCUT2D eigenvalue weighted by Crippen LogP contribution is -2.54. The number of hydrogen-bond acceptors (Lipinski definition) is 5. The van der Waals surface area contributed by atoms with E-state index in [-0.39, 0.29) is 18.2 Å². The van der Waals surface area contributed by atoms with Gasteiger partial charge in [0.1, 0.15) is 23.4 Å². The second-order valence-corrected chi connectivity index (χ2v) is 10.6. The highest BCUT2D eigenvalue weighted by Crippen LogP contribution is 2.28. The maximum atomic E-state index is 14.0. The molecule has 0 aliphatic rings. The number of aromatic hydroxyl groups is 1. The number of nitrogens with zero attached hydrogens (tertiary/aromatic N) is 1. The molecule has 8 heteroatoms. The highest BCUT2D eigenvalue weighted by molar-refractivity contribution is 5.99. The van der Waals surface area contributed by atoms with Crippen molar-refractivity contribution in [2.75, 3.05) is 11.9 Å². The van der Waals surface area contributed by atoms with Crippen LogP contribution in [0.25, 0.3) is 0 Å². The molecule has 2 atom stereocenters. The molecular weight excluding hydrogens is 470 g/mol. The van der Waals surface area contributed by atoms with Crippen molar-refractivity contribution >= 4 is 23.6 Å². The third-order valence-electron chi connectivity index (χ3n) is 5.79. The summed E-state index contributed by atoms with van der Waals surface area (Å²) in [6.07, 6.45) is 0.742. The zero-order chi connectivity index (χ0) is 27.8. The number of phenolic OH excluding ortho intramolecular Hbond substituents is 1. The molecule has 0 spiro atoms. The van der Waals surface area contributed by atoms with Crippen molar-refractivity contribution in [2.24, 2.45) is 5.92 Å². The van der Waals surface area contributed by atoms with Crippen LogP contribution in [0.1, 0.15) is 71.6 Å². The molecule has 37 heavy (non-hydrogen) atoms. The first-order valence-electron chi connectivity index (χ1n) is 12.8. The van der Waals surface area contributed by atoms with Crippen molar-refractivity contribution in [2.45, 2.75) is 79.0 Å². The van der Waals surface area contributed by atoms with Gasteiger partial charge in [-0.3, -0.25) is 9.59 Å². The predicted octanol–water partition coefficient (Wildman–Crippen LogP) is 5.56. The first-order valence-corrected chi connectivity index (χ1v) is 12.8. The molecule has 202 valence electrons. The number of carbonyl (C=O) groups excluding carboxylic acids is 3. The van der Waals surface area contributed by atoms with Crippen LogP contribution in [0.3, 0.4) is 0 Å². The molecule has 8 nitrogen and oxygen atoms in total. The summed E-state index contributed by atoms with van der Waals surface area (Å²) < 4.78 is 5.40. The Labute approximate surface area is 220 Å². The Balaban J connectivity index is 2.52. The van der Waals surface area contributed by atoms with Gasteiger partial charge in [-0.2, -0.15) is 0 Å². The maximum Gasteiger partial charge on any atom is 0.408 e. The van der Waals surface area contributed by atoms with Gasteiger partial charge in [0, 0.05) is 12.2 Å². The number of amides is 3. The third kappa shape index (κ3) is 8.81. The van der Waals surface area contributed by atoms with Gasteiger partial charge >= 0.3 is 6.09 Å². The Bertz CT molecular complexity index is 1080. The van der Waals surface area contributed by atoms with E-state index in [0.717, 1.165) is 12.0 Å². The van der Waals surface area contributed by atoms with Gasteiger partial charge in [0.25, 0.3) is 5.91 Å². The number of hydrogen-bond donors (Lipinski definition) is 3. The van der Waals surface area contributed by atoms with Crippen LogP contribution in [0.4, 0.5) is 10.5 Å². The molecule has 0 aliphatic heterocycles. The summed E-state index contributed by atoms with van der Waals surface area (Å²) in [4.78, 5) is 41.9. The van der Waals surface area contributed by atoms with E-state index in [4.69, 9.17) is 4.74 Å². The van der Waals surface area contributed by atoms with Crippen LogP contribution >= 0.6 is 0 Å². The van der Waals surface area contributed by atoms with Crippen molar-refractivity contribution in [1.29, 1.82) is 0 Å². The van der Waals surface area contributed by atoms with E-state index in [1.165, 1.54) is 17.0 Å². The summed E-state index contributed by atoms with van der Waals surface area (Å²) in [5.74, 6) is -1.10. The Morgan fingerprint density at radius 1 is 1.05 bits per heavy atom. The summed E-state index contributed by atoms with van der Waals surface area (Å²) in [7, 11) is 0. The smallest absolute Gasteiger partial charge is 0.408 e. The monoisotopic (exact) mass is 511 g/mol. The van der Waals surface area contributed by atoms with Crippen molar-refractivity contribution in [3.05, 3.63) is 59.7 Å². The van der Waals surface area contributed by atoms with Crippen LogP contribution in [-0.2, 0) is 14.3 Å². The van der Waals surface area contributed by atoms with Crippen LogP contribution < -0.4 is 10.6 Å². The van der Waals surface area contributed by atoms with Gasteiger partial charge in [-0.15, -0.1) is 0 Å². The average molecular weight is 512 g/mol. The second kappa shape index (κ2) is 13.1. The predicted molar refractivity (Wildman–Crippen MR) is 145 cm³/mol. The van der Waals surface area contributed by atoms with E-state index in [9.17, 15) is 19.5 Å². The molecule has 0 aromatic heterocycles. The fourth-order valence-corrected chi connectivity index (χ4v) is 3.90. The Kier molecular flexibility index (Phi) is 10.5. The summed E-state index contributed by atoms with van der Waals surface area (Å²) in [5, 5.41) is 15.9. The minimum absolute atomic E-state index is 0.0126. The normalized spacial score (nSPS) is 13.0. The molecule has 0 aliphatic carbocycles. The molecule has 3 N–H and O–H groups in total. The van der Waals surface area contributed by atoms with Crippen LogP contribution in [0, 0.1) is 12.8 Å². The van der Waals surface area contributed by atoms with Crippen molar-refractivity contribution in [1.82, 2.24) is 10.2 Å². The lowest BCUT2D eigenvalue weighted by molar-refractivity contribution is -0.141. The number of aryl methyl sites for hydroxylation is 1. The number of benzene rings is 2. The van der Waals surface area contributed by atoms with E-state index in [1.54, 1.807) is 39.0 Å². The first kappa shape index (κ1) is 29.7. The number of ether oxygens (including phenoxy) is 1. The molecule has 2 aromatic carbocycles. The number of unbranched alkanes of at least 4 members (excludes halogenated alkanes) is 1. The van der Waals surface area contributed by atoms with Gasteiger partial charge in [0.15, 0.2) is 0 Å². The first-order chi connectivity index (χ1) is 17.3. The molecule has 3 amide bonds. The minimum atomic E-state index is -1.03. The van der Waals surface area contributed by atoms with Gasteiger partial charge in [0.2, 0.25) is 5.91 Å². The average Bonchev–Trinajstić information content (AvgIpc) is 2.79. The molecule has 0 saturated carbocycles. The lowest BCUT2D eigenvalue weighted by Gasteiger charge is -2.35. The SMILES string of the molecule is CCCCN(C(=O)C(NC(=O)OC(C)(C)C)C(C)C)C(C(=O)Nc1ccccc1C)c1cccc(O)c1. The molecule has 2 rings (SSSR count). The highest BCUT2D eigenvalue weighted by Gasteiger charge is 2.37. The minimum Gasteiger partial charge on any atom is -0.508 e. The zero-order valence-electron chi connectivity index (χ0n) is 23.0. The summed E-state index contributed by atoms with van der Waals surface area (Å²) in [6.45, 7) is 13.1. The molecule has 0 heterocycles. The van der Waals surface area contributed by atoms with Crippen LogP contribution in [0.5, 0.6) is 5.75 Å². The van der Waals surface area contributed by atoms with Gasteiger partial charge in [-0.05, 0) is 69.4 Å². The van der Waals surface area contributed by atoms with Crippen LogP contribution in [0.15, 0.2) is 48.5 Å². The fourth-order valence-electron chi connectivity index (χ4n) is 3.90. The van der Waals surface area contributed by atoms with Crippen molar-refractivity contribution in [3.8, 4) is 5.75 Å². The zero-order valence-corrected chi connectivity index (χ0v) is 23.0.